The van der Waals surface area contributed by atoms with Crippen LogP contribution >= 0.6 is 0 Å². The highest BCUT2D eigenvalue weighted by Gasteiger charge is 2.38. The first-order valence-corrected chi connectivity index (χ1v) is 4.44. The van der Waals surface area contributed by atoms with Crippen molar-refractivity contribution < 1.29 is 0 Å². The minimum atomic E-state index is 0.898. The maximum absolute atomic E-state index is 3.23. The van der Waals surface area contributed by atoms with Crippen LogP contribution in [0, 0.1) is 17.8 Å². The first-order valence-electron chi connectivity index (χ1n) is 4.44. The van der Waals surface area contributed by atoms with E-state index in [2.05, 4.69) is 19.2 Å². The van der Waals surface area contributed by atoms with Gasteiger partial charge in [0.2, 0.25) is 0 Å². The van der Waals surface area contributed by atoms with E-state index in [9.17, 15) is 0 Å². The Labute approximate surface area is 64.2 Å². The molecule has 1 N–H and O–H groups in total. The molecule has 1 fully saturated rings. The molecule has 0 saturated heterocycles. The molecule has 0 aromatic heterocycles. The molecule has 1 rings (SSSR count). The highest BCUT2D eigenvalue weighted by atomic mass is 14.8. The Morgan fingerprint density at radius 2 is 2.30 bits per heavy atom. The van der Waals surface area contributed by atoms with Crippen LogP contribution in [0.15, 0.2) is 0 Å². The van der Waals surface area contributed by atoms with Gasteiger partial charge in [0.05, 0.1) is 0 Å². The third-order valence-corrected chi connectivity index (χ3v) is 2.76. The summed E-state index contributed by atoms with van der Waals surface area (Å²) in [5, 5.41) is 3.23. The molecule has 1 saturated carbocycles. The lowest BCUT2D eigenvalue weighted by Gasteiger charge is -2.08. The molecule has 10 heavy (non-hydrogen) atoms. The van der Waals surface area contributed by atoms with E-state index < -0.39 is 0 Å². The summed E-state index contributed by atoms with van der Waals surface area (Å²) in [6, 6.07) is 0. The molecular weight excluding hydrogens is 122 g/mol. The van der Waals surface area contributed by atoms with Crippen LogP contribution in [0.25, 0.3) is 0 Å². The van der Waals surface area contributed by atoms with Gasteiger partial charge in [0.1, 0.15) is 0 Å². The van der Waals surface area contributed by atoms with Gasteiger partial charge in [-0.3, -0.25) is 0 Å². The van der Waals surface area contributed by atoms with Crippen molar-refractivity contribution in [2.45, 2.75) is 26.7 Å². The van der Waals surface area contributed by atoms with E-state index >= 15 is 0 Å². The first-order chi connectivity index (χ1) is 4.79. The Bertz CT molecular complexity index is 101. The summed E-state index contributed by atoms with van der Waals surface area (Å²) in [6.45, 7) is 5.86. The second-order valence-electron chi connectivity index (χ2n) is 3.60. The van der Waals surface area contributed by atoms with E-state index in [1.54, 1.807) is 0 Å². The summed E-state index contributed by atoms with van der Waals surface area (Å²) in [5.41, 5.74) is 0. The molecule has 0 amide bonds. The van der Waals surface area contributed by atoms with Crippen molar-refractivity contribution in [1.29, 1.82) is 0 Å². The normalized spacial score (nSPS) is 33.9. The molecule has 0 bridgehead atoms. The average Bonchev–Trinajstić information content (AvgIpc) is 2.66. The second-order valence-corrected chi connectivity index (χ2v) is 3.60. The SMILES string of the molecule is CCC1CC1C(C)CNC. The van der Waals surface area contributed by atoms with Gasteiger partial charge in [0.15, 0.2) is 0 Å². The Kier molecular flexibility index (Phi) is 2.72. The molecule has 0 radical (unpaired) electrons. The van der Waals surface area contributed by atoms with Gasteiger partial charge in [-0.05, 0) is 37.8 Å². The zero-order valence-electron chi connectivity index (χ0n) is 7.35. The molecule has 0 aromatic carbocycles. The van der Waals surface area contributed by atoms with Gasteiger partial charge in [-0.25, -0.2) is 0 Å². The van der Waals surface area contributed by atoms with Crippen LogP contribution < -0.4 is 5.32 Å². The highest BCUT2D eigenvalue weighted by molar-refractivity contribution is 4.89. The molecule has 3 atom stereocenters. The zero-order chi connectivity index (χ0) is 7.56. The summed E-state index contributed by atoms with van der Waals surface area (Å²) >= 11 is 0. The minimum absolute atomic E-state index is 0.898. The summed E-state index contributed by atoms with van der Waals surface area (Å²) < 4.78 is 0. The zero-order valence-corrected chi connectivity index (χ0v) is 7.35. The fourth-order valence-corrected chi connectivity index (χ4v) is 1.91. The first kappa shape index (κ1) is 8.06. The van der Waals surface area contributed by atoms with E-state index in [0.29, 0.717) is 0 Å². The van der Waals surface area contributed by atoms with Gasteiger partial charge in [-0.1, -0.05) is 20.3 Å². The summed E-state index contributed by atoms with van der Waals surface area (Å²) in [7, 11) is 2.04. The molecule has 1 heteroatoms. The van der Waals surface area contributed by atoms with Gasteiger partial charge in [-0.15, -0.1) is 0 Å². The van der Waals surface area contributed by atoms with E-state index in [4.69, 9.17) is 0 Å². The van der Waals surface area contributed by atoms with E-state index in [0.717, 1.165) is 17.8 Å². The maximum atomic E-state index is 3.23. The van der Waals surface area contributed by atoms with Crippen LogP contribution in [0.2, 0.25) is 0 Å². The molecule has 1 aliphatic carbocycles. The molecule has 1 nitrogen and oxygen atoms in total. The number of nitrogens with one attached hydrogen (secondary N) is 1. The standard InChI is InChI=1S/C9H19N/c1-4-8-5-9(8)7(2)6-10-3/h7-10H,4-6H2,1-3H3. The van der Waals surface area contributed by atoms with Crippen LogP contribution in [-0.2, 0) is 0 Å². The Balaban J connectivity index is 2.12. The molecule has 3 unspecified atom stereocenters. The van der Waals surface area contributed by atoms with Crippen LogP contribution in [0.4, 0.5) is 0 Å². The number of rotatable bonds is 4. The van der Waals surface area contributed by atoms with Crippen molar-refractivity contribution in [3.05, 3.63) is 0 Å². The molecular formula is C9H19N. The summed E-state index contributed by atoms with van der Waals surface area (Å²) in [5.74, 6) is 3.00. The third-order valence-electron chi connectivity index (χ3n) is 2.76. The lowest BCUT2D eigenvalue weighted by atomic mass is 10.0. The number of hydrogen-bond donors (Lipinski definition) is 1. The average molecular weight is 141 g/mol. The lowest BCUT2D eigenvalue weighted by Crippen LogP contribution is -2.18. The summed E-state index contributed by atoms with van der Waals surface area (Å²) in [6.07, 6.45) is 2.87. The van der Waals surface area contributed by atoms with E-state index in [1.165, 1.54) is 19.4 Å². The Morgan fingerprint density at radius 3 is 2.70 bits per heavy atom. The molecule has 0 aliphatic heterocycles. The van der Waals surface area contributed by atoms with Crippen molar-refractivity contribution >= 4 is 0 Å². The molecule has 0 heterocycles. The monoisotopic (exact) mass is 141 g/mol. The Morgan fingerprint density at radius 1 is 1.60 bits per heavy atom. The van der Waals surface area contributed by atoms with Gasteiger partial charge < -0.3 is 5.32 Å². The van der Waals surface area contributed by atoms with Crippen molar-refractivity contribution in [2.24, 2.45) is 17.8 Å². The van der Waals surface area contributed by atoms with Gasteiger partial charge in [0.25, 0.3) is 0 Å². The van der Waals surface area contributed by atoms with E-state index in [1.807, 2.05) is 7.05 Å². The fourth-order valence-electron chi connectivity index (χ4n) is 1.91. The summed E-state index contributed by atoms with van der Waals surface area (Å²) in [4.78, 5) is 0. The predicted molar refractivity (Wildman–Crippen MR) is 45.0 cm³/mol. The number of hydrogen-bond acceptors (Lipinski definition) is 1. The van der Waals surface area contributed by atoms with Crippen molar-refractivity contribution in [2.75, 3.05) is 13.6 Å². The predicted octanol–water partition coefficient (Wildman–Crippen LogP) is 1.89. The molecule has 0 aromatic rings. The van der Waals surface area contributed by atoms with Crippen molar-refractivity contribution in [1.82, 2.24) is 5.32 Å². The molecule has 60 valence electrons. The largest absolute Gasteiger partial charge is 0.319 e. The topological polar surface area (TPSA) is 12.0 Å². The van der Waals surface area contributed by atoms with Gasteiger partial charge in [0, 0.05) is 0 Å². The lowest BCUT2D eigenvalue weighted by molar-refractivity contribution is 0.451. The van der Waals surface area contributed by atoms with Gasteiger partial charge >= 0.3 is 0 Å². The smallest absolute Gasteiger partial charge is 0.00234 e. The molecule has 1 aliphatic rings. The maximum Gasteiger partial charge on any atom is -0.00234 e. The highest BCUT2D eigenvalue weighted by Crippen LogP contribution is 2.45. The Hall–Kier alpha value is -0.0400. The van der Waals surface area contributed by atoms with Crippen LogP contribution in [0.5, 0.6) is 0 Å². The van der Waals surface area contributed by atoms with E-state index in [-0.39, 0.29) is 0 Å². The second kappa shape index (κ2) is 3.38. The van der Waals surface area contributed by atoms with Crippen molar-refractivity contribution in [3.8, 4) is 0 Å². The van der Waals surface area contributed by atoms with Crippen LogP contribution in [-0.4, -0.2) is 13.6 Å². The quantitative estimate of drug-likeness (QED) is 0.630. The van der Waals surface area contributed by atoms with Crippen LogP contribution in [0.1, 0.15) is 26.7 Å². The fraction of sp³-hybridized carbons (Fsp3) is 1.00. The minimum Gasteiger partial charge on any atom is -0.319 e. The molecule has 0 spiro atoms. The third kappa shape index (κ3) is 1.72. The van der Waals surface area contributed by atoms with Gasteiger partial charge in [-0.2, -0.15) is 0 Å². The van der Waals surface area contributed by atoms with Crippen LogP contribution in [0.3, 0.4) is 0 Å². The van der Waals surface area contributed by atoms with Crippen molar-refractivity contribution in [3.63, 3.8) is 0 Å².